The van der Waals surface area contributed by atoms with E-state index in [0.717, 1.165) is 0 Å². The fourth-order valence-electron chi connectivity index (χ4n) is 0. The van der Waals surface area contributed by atoms with Gasteiger partial charge in [0.05, 0.1) is 0 Å². The zero-order valence-electron chi connectivity index (χ0n) is 3.65. The molecule has 0 aliphatic rings. The van der Waals surface area contributed by atoms with E-state index in [-0.39, 0.29) is 64.4 Å². The molecule has 0 aliphatic carbocycles. The van der Waals surface area contributed by atoms with Crippen LogP contribution in [0.4, 0.5) is 1.92 Å². The summed E-state index contributed by atoms with van der Waals surface area (Å²) in [7, 11) is -4.67. The first-order chi connectivity index (χ1) is 3.00. The van der Waals surface area contributed by atoms with E-state index in [4.69, 9.17) is 17.5 Å². The van der Waals surface area contributed by atoms with E-state index in [0.29, 0.717) is 0 Å². The maximum atomic E-state index is 9.63. The summed E-state index contributed by atoms with van der Waals surface area (Å²) < 4.78 is 41.2. The maximum Gasteiger partial charge on any atom is 0 e. The Bertz CT molecular complexity index is 97.2. The van der Waals surface area contributed by atoms with Gasteiger partial charge in [0.1, 0.15) is 0 Å². The Balaban J connectivity index is -0.0000000750. The molecule has 45 valence electrons. The van der Waals surface area contributed by atoms with Crippen molar-refractivity contribution >= 4 is 10.4 Å². The summed E-state index contributed by atoms with van der Waals surface area (Å²) in [5.41, 5.74) is 0. The van der Waals surface area contributed by atoms with Crippen molar-refractivity contribution in [3.8, 4) is 0 Å². The van der Waals surface area contributed by atoms with Crippen molar-refractivity contribution in [2.75, 3.05) is 0 Å². The minimum atomic E-state index is -4.67. The third-order valence-corrected chi connectivity index (χ3v) is 0. The molecule has 0 aromatic carbocycles. The summed E-state index contributed by atoms with van der Waals surface area (Å²) in [6.45, 7) is 0. The van der Waals surface area contributed by atoms with Gasteiger partial charge in [-0.2, -0.15) is 8.42 Å². The SMILES string of the molecule is O=S(=O)(O)O.[F][Y].[Y]. The molecule has 0 atom stereocenters. The Morgan fingerprint density at radius 1 is 1.25 bits per heavy atom. The number of hydrogen-bond acceptors (Lipinski definition) is 2. The monoisotopic (exact) mass is 295 g/mol. The largest absolute Gasteiger partial charge is 0 e. The molecule has 0 saturated heterocycles. The van der Waals surface area contributed by atoms with Crippen LogP contribution in [0, 0.1) is 0 Å². The molecular formula is H2FO4SY2. The molecule has 8 heavy (non-hydrogen) atoms. The van der Waals surface area contributed by atoms with Crippen LogP contribution in [-0.4, -0.2) is 17.5 Å². The Hall–Kier alpha value is 2.01. The third-order valence-electron chi connectivity index (χ3n) is 0. The Labute approximate surface area is 92.7 Å². The minimum absolute atomic E-state index is 0. The zero-order chi connectivity index (χ0) is 6.50. The first-order valence-corrected chi connectivity index (χ1v) is 3.39. The topological polar surface area (TPSA) is 74.6 Å². The quantitative estimate of drug-likeness (QED) is 0.605. The summed E-state index contributed by atoms with van der Waals surface area (Å²) in [5.74, 6) is 0. The van der Waals surface area contributed by atoms with E-state index < -0.39 is 10.4 Å². The fraction of sp³-hybridized carbons (Fsp3) is 0. The van der Waals surface area contributed by atoms with Crippen molar-refractivity contribution in [1.82, 2.24) is 0 Å². The first-order valence-electron chi connectivity index (χ1n) is 0.917. The van der Waals surface area contributed by atoms with Gasteiger partial charge in [0, 0.05) is 32.7 Å². The molecule has 4 nitrogen and oxygen atoms in total. The van der Waals surface area contributed by atoms with Crippen molar-refractivity contribution in [2.24, 2.45) is 0 Å². The van der Waals surface area contributed by atoms with Gasteiger partial charge in [0.2, 0.25) is 0 Å². The first kappa shape index (κ1) is 16.5. The van der Waals surface area contributed by atoms with Crippen LogP contribution in [0.15, 0.2) is 0 Å². The van der Waals surface area contributed by atoms with E-state index in [9.17, 15) is 1.92 Å². The van der Waals surface area contributed by atoms with Gasteiger partial charge < -0.3 is 0 Å². The third kappa shape index (κ3) is 97.6. The minimum Gasteiger partial charge on any atom is 0 e. The van der Waals surface area contributed by atoms with Crippen LogP contribution in [0.25, 0.3) is 0 Å². The molecule has 2 N–H and O–H groups in total. The van der Waals surface area contributed by atoms with Crippen LogP contribution in [0.3, 0.4) is 0 Å². The van der Waals surface area contributed by atoms with E-state index in [1.807, 2.05) is 0 Å². The van der Waals surface area contributed by atoms with Gasteiger partial charge in [-0.25, -0.2) is 0 Å². The molecule has 0 aromatic heterocycles. The van der Waals surface area contributed by atoms with Crippen molar-refractivity contribution < 1.29 is 83.8 Å². The van der Waals surface area contributed by atoms with Gasteiger partial charge >= 0.3 is 44.0 Å². The van der Waals surface area contributed by atoms with Gasteiger partial charge in [0.25, 0.3) is 0 Å². The molecule has 1 radical (unpaired) electrons. The van der Waals surface area contributed by atoms with Crippen molar-refractivity contribution in [1.29, 1.82) is 0 Å². The predicted octanol–water partition coefficient (Wildman–Crippen LogP) is -0.238. The van der Waals surface area contributed by atoms with Crippen LogP contribution < -0.4 is 0 Å². The van der Waals surface area contributed by atoms with E-state index in [1.54, 1.807) is 0 Å². The van der Waals surface area contributed by atoms with Gasteiger partial charge in [-0.15, -0.1) is 0 Å². The summed E-state index contributed by atoms with van der Waals surface area (Å²) in [4.78, 5) is 0. The average molecular weight is 295 g/mol. The van der Waals surface area contributed by atoms with Crippen LogP contribution in [0.5, 0.6) is 0 Å². The van der Waals surface area contributed by atoms with Crippen molar-refractivity contribution in [3.63, 3.8) is 0 Å². The molecule has 0 amide bonds. The number of rotatable bonds is 0. The van der Waals surface area contributed by atoms with Gasteiger partial charge in [-0.1, -0.05) is 0 Å². The molecule has 0 fully saturated rings. The number of halogens is 1. The normalized spacial score (nSPS) is 7.75. The van der Waals surface area contributed by atoms with E-state index in [2.05, 4.69) is 0 Å². The van der Waals surface area contributed by atoms with Crippen molar-refractivity contribution in [2.45, 2.75) is 0 Å². The Morgan fingerprint density at radius 2 is 1.25 bits per heavy atom. The van der Waals surface area contributed by atoms with Crippen molar-refractivity contribution in [3.05, 3.63) is 0 Å². The molecule has 8 heteroatoms. The maximum absolute atomic E-state index is 9.63. The second kappa shape index (κ2) is 9.01. The zero-order valence-corrected chi connectivity index (χ0v) is 10.1. The molecule has 0 aliphatic heterocycles. The average Bonchev–Trinajstić information content (AvgIpc) is 1.36. The molecule has 0 unspecified atom stereocenters. The van der Waals surface area contributed by atoms with Gasteiger partial charge in [-0.3, -0.25) is 9.11 Å². The molecular weight excluding hydrogens is 293 g/mol. The van der Waals surface area contributed by atoms with E-state index in [1.165, 1.54) is 0 Å². The Morgan fingerprint density at radius 3 is 1.25 bits per heavy atom. The summed E-state index contributed by atoms with van der Waals surface area (Å²) >= 11 is -0.150. The van der Waals surface area contributed by atoms with Gasteiger partial charge in [-0.05, 0) is 0 Å². The molecule has 0 aromatic rings. The number of hydrogen-bond donors (Lipinski definition) is 2. The molecule has 0 saturated carbocycles. The molecule has 0 rings (SSSR count). The molecule has 0 spiro atoms. The molecule has 0 bridgehead atoms. The summed E-state index contributed by atoms with van der Waals surface area (Å²) in [6, 6.07) is 0. The van der Waals surface area contributed by atoms with Crippen LogP contribution in [-0.2, 0) is 74.8 Å². The molecule has 0 heterocycles. The summed E-state index contributed by atoms with van der Waals surface area (Å²) in [6.07, 6.45) is 0. The predicted molar refractivity (Wildman–Crippen MR) is 15.3 cm³/mol. The Kier molecular flexibility index (Phi) is 18.6. The van der Waals surface area contributed by atoms with Crippen LogP contribution >= 0.6 is 0 Å². The second-order valence-electron chi connectivity index (χ2n) is 0.448. The standard InChI is InChI=1S/FH.H2O4S.2Y/c;1-5(2,3)4;;/h1H;(H2,1,2,3,4);;/q;;;+1/p-1. The van der Waals surface area contributed by atoms with E-state index >= 15 is 0 Å². The second-order valence-corrected chi connectivity index (χ2v) is 1.34. The summed E-state index contributed by atoms with van der Waals surface area (Å²) in [5, 5.41) is 0. The smallest absolute Gasteiger partial charge is 0 e. The fourth-order valence-corrected chi connectivity index (χ4v) is 0. The van der Waals surface area contributed by atoms with Crippen LogP contribution in [0.1, 0.15) is 0 Å². The van der Waals surface area contributed by atoms with Gasteiger partial charge in [0.15, 0.2) is 0 Å². The van der Waals surface area contributed by atoms with Crippen LogP contribution in [0.2, 0.25) is 0 Å².